The molecule has 0 saturated heterocycles. The molecule has 0 saturated carbocycles. The molecule has 18 heteroatoms. The van der Waals surface area contributed by atoms with Gasteiger partial charge in [-0.15, -0.1) is 0 Å². The second-order valence-corrected chi connectivity index (χ2v) is 19.2. The van der Waals surface area contributed by atoms with E-state index in [1.54, 1.807) is 36.4 Å². The number of methoxy groups -OCH3 is 3. The first-order chi connectivity index (χ1) is 36.3. The smallest absolute Gasteiger partial charge is 0.305 e. The van der Waals surface area contributed by atoms with Crippen molar-refractivity contribution >= 4 is 58.8 Å². The number of aliphatic imine (C=N–C) groups is 1. The van der Waals surface area contributed by atoms with Crippen LogP contribution in [-0.2, 0) is 63.1 Å². The number of carbonyl (C=O) groups is 6. The summed E-state index contributed by atoms with van der Waals surface area (Å²) in [5, 5.41) is 11.7. The Hall–Kier alpha value is -8.41. The van der Waals surface area contributed by atoms with Crippen molar-refractivity contribution in [1.82, 2.24) is 20.4 Å². The Kier molecular flexibility index (Phi) is 15.6. The number of nitrogens with zero attached hydrogens (tertiary/aromatic N) is 3. The Morgan fingerprint density at radius 2 is 1.25 bits per heavy atom. The molecule has 5 aromatic rings. The van der Waals surface area contributed by atoms with Crippen LogP contribution >= 0.6 is 0 Å². The summed E-state index contributed by atoms with van der Waals surface area (Å²) in [5.74, 6) is -0.677. The maximum atomic E-state index is 14.1. The summed E-state index contributed by atoms with van der Waals surface area (Å²) in [4.78, 5) is 87.6. The van der Waals surface area contributed by atoms with Gasteiger partial charge in [0.2, 0.25) is 17.7 Å². The van der Waals surface area contributed by atoms with Crippen LogP contribution in [0, 0.1) is 0 Å². The Labute approximate surface area is 435 Å². The molecule has 18 nitrogen and oxygen atoms in total. The molecule has 390 valence electrons. The monoisotopic (exact) mass is 1020 g/mol. The molecule has 5 amide bonds. The van der Waals surface area contributed by atoms with E-state index in [-0.39, 0.29) is 61.8 Å². The first-order valence-electron chi connectivity index (χ1n) is 25.1. The average molecular weight is 1020 g/mol. The Morgan fingerprint density at radius 1 is 0.667 bits per heavy atom. The van der Waals surface area contributed by atoms with Gasteiger partial charge < -0.3 is 54.8 Å². The molecular weight excluding hydrogens is 959 g/mol. The topological polar surface area (TPSA) is 216 Å². The van der Waals surface area contributed by atoms with E-state index in [1.807, 2.05) is 52.4 Å². The van der Waals surface area contributed by atoms with Crippen LogP contribution in [0.25, 0.3) is 0 Å². The third-order valence-electron chi connectivity index (χ3n) is 14.0. The van der Waals surface area contributed by atoms with Crippen molar-refractivity contribution in [3.8, 4) is 23.0 Å². The van der Waals surface area contributed by atoms with Crippen LogP contribution in [-0.4, -0.2) is 104 Å². The van der Waals surface area contributed by atoms with Gasteiger partial charge in [-0.05, 0) is 103 Å². The summed E-state index contributed by atoms with van der Waals surface area (Å²) in [6.45, 7) is 4.53. The van der Waals surface area contributed by atoms with E-state index in [9.17, 15) is 28.8 Å². The number of hydrogen-bond acceptors (Lipinski definition) is 13. The molecule has 0 unspecified atom stereocenters. The first-order valence-corrected chi connectivity index (χ1v) is 25.1. The predicted molar refractivity (Wildman–Crippen MR) is 280 cm³/mol. The molecule has 0 spiro atoms. The van der Waals surface area contributed by atoms with Gasteiger partial charge in [-0.2, -0.15) is 0 Å². The SMILES string of the molecule is COC(=O)CCCCC(=O)N[C@@H](C)C(=O)N[C@@H](C)C(=O)Nc1cc(COc2cc3c(cc2OC)C(=O)N2Cc4ccccc4C[C@H]2C=N3)cc(COc2cc3c(cc2OC)C(=O)N2Cc4ccccc4C[C@H]2CN3)c1. The Balaban J connectivity index is 0.928. The van der Waals surface area contributed by atoms with Crippen molar-refractivity contribution in [2.24, 2.45) is 4.99 Å². The molecule has 4 aliphatic rings. The molecule has 4 N–H and O–H groups in total. The Morgan fingerprint density at radius 3 is 1.92 bits per heavy atom. The number of nitrogens with one attached hydrogen (secondary N) is 4. The standard InChI is InChI=1S/C57H61N7O11/c1-33(60-52(65)16-10-11-17-53(66)73-5)54(67)61-34(2)55(68)62-41-19-35(31-74-50-25-46-44(23-48(50)71-3)56(69)63-29-39-14-8-6-12-37(39)21-42(63)27-58-46)18-36(20-41)32-75-51-26-47-45(24-49(51)72-4)57(70)64-30-40-15-9-7-13-38(40)22-43(64)28-59-47/h6-9,12-15,18-20,23-27,33-34,42-43,59H,10-11,16-17,21-22,28-32H2,1-5H3,(H,60,65)(H,61,67)(H,62,68)/t33-,34-,42-,43-/m0/s1. The van der Waals surface area contributed by atoms with E-state index in [4.69, 9.17) is 23.9 Å². The lowest BCUT2D eigenvalue weighted by atomic mass is 9.94. The van der Waals surface area contributed by atoms with Crippen LogP contribution in [0.1, 0.15) is 93.6 Å². The quantitative estimate of drug-likeness (QED) is 0.0526. The highest BCUT2D eigenvalue weighted by Crippen LogP contribution is 2.40. The van der Waals surface area contributed by atoms with Gasteiger partial charge in [-0.3, -0.25) is 33.8 Å². The van der Waals surface area contributed by atoms with Gasteiger partial charge in [-0.25, -0.2) is 0 Å². The highest BCUT2D eigenvalue weighted by Gasteiger charge is 2.36. The van der Waals surface area contributed by atoms with Gasteiger partial charge in [-0.1, -0.05) is 48.5 Å². The molecule has 4 heterocycles. The molecular formula is C57H61N7O11. The molecule has 0 aromatic heterocycles. The molecule has 4 aliphatic heterocycles. The van der Waals surface area contributed by atoms with Crippen LogP contribution in [0.15, 0.2) is 96.0 Å². The van der Waals surface area contributed by atoms with E-state index in [0.717, 1.165) is 17.5 Å². The number of rotatable bonds is 18. The highest BCUT2D eigenvalue weighted by atomic mass is 16.5. The zero-order chi connectivity index (χ0) is 52.8. The van der Waals surface area contributed by atoms with Crippen LogP contribution in [0.5, 0.6) is 23.0 Å². The molecule has 0 bridgehead atoms. The van der Waals surface area contributed by atoms with E-state index >= 15 is 0 Å². The fraction of sp³-hybridized carbons (Fsp3) is 0.351. The molecule has 4 atom stereocenters. The molecule has 0 fully saturated rings. The minimum Gasteiger partial charge on any atom is -0.493 e. The van der Waals surface area contributed by atoms with Gasteiger partial charge in [0.1, 0.15) is 25.3 Å². The minimum absolute atomic E-state index is 0.00339. The van der Waals surface area contributed by atoms with E-state index in [2.05, 4.69) is 44.2 Å². The van der Waals surface area contributed by atoms with Gasteiger partial charge in [0.15, 0.2) is 23.0 Å². The molecule has 0 radical (unpaired) electrons. The lowest BCUT2D eigenvalue weighted by Crippen LogP contribution is -2.50. The third-order valence-corrected chi connectivity index (χ3v) is 14.0. The van der Waals surface area contributed by atoms with Crippen molar-refractivity contribution in [3.05, 3.63) is 136 Å². The van der Waals surface area contributed by atoms with Gasteiger partial charge in [0, 0.05) is 56.5 Å². The van der Waals surface area contributed by atoms with Gasteiger partial charge >= 0.3 is 5.97 Å². The van der Waals surface area contributed by atoms with Gasteiger partial charge in [0.05, 0.1) is 55.9 Å². The van der Waals surface area contributed by atoms with Crippen molar-refractivity contribution in [1.29, 1.82) is 0 Å². The number of unbranched alkanes of at least 4 members (excludes halogenated alkanes) is 1. The number of carbonyl (C=O) groups excluding carboxylic acids is 6. The van der Waals surface area contributed by atoms with Crippen LogP contribution in [0.3, 0.4) is 0 Å². The maximum Gasteiger partial charge on any atom is 0.305 e. The second kappa shape index (κ2) is 22.8. The van der Waals surface area contributed by atoms with Crippen LogP contribution in [0.4, 0.5) is 17.1 Å². The fourth-order valence-corrected chi connectivity index (χ4v) is 9.88. The molecule has 75 heavy (non-hydrogen) atoms. The predicted octanol–water partition coefficient (Wildman–Crippen LogP) is 6.82. The zero-order valence-corrected chi connectivity index (χ0v) is 42.7. The van der Waals surface area contributed by atoms with E-state index < -0.39 is 23.9 Å². The summed E-state index contributed by atoms with van der Waals surface area (Å²) in [7, 11) is 4.32. The number of esters is 1. The number of fused-ring (bicyclic) bond motifs is 6. The third kappa shape index (κ3) is 11.7. The van der Waals surface area contributed by atoms with Gasteiger partial charge in [0.25, 0.3) is 11.8 Å². The van der Waals surface area contributed by atoms with Crippen LogP contribution < -0.4 is 40.2 Å². The number of benzene rings is 5. The second-order valence-electron chi connectivity index (χ2n) is 19.2. The number of anilines is 2. The largest absolute Gasteiger partial charge is 0.493 e. The summed E-state index contributed by atoms with van der Waals surface area (Å²) in [5.41, 5.74) is 8.17. The minimum atomic E-state index is -1.02. The van der Waals surface area contributed by atoms with Crippen molar-refractivity contribution in [2.45, 2.75) is 103 Å². The van der Waals surface area contributed by atoms with E-state index in [0.29, 0.717) is 101 Å². The van der Waals surface area contributed by atoms with Crippen molar-refractivity contribution in [2.75, 3.05) is 38.5 Å². The first kappa shape index (κ1) is 51.5. The lowest BCUT2D eigenvalue weighted by molar-refractivity contribution is -0.140. The number of hydrogen-bond donors (Lipinski definition) is 4. The Bertz CT molecular complexity index is 3070. The van der Waals surface area contributed by atoms with Crippen molar-refractivity contribution in [3.63, 3.8) is 0 Å². The molecule has 9 rings (SSSR count). The average Bonchev–Trinajstić information content (AvgIpc) is 3.64. The maximum absolute atomic E-state index is 14.1. The molecule has 5 aromatic carbocycles. The molecule has 0 aliphatic carbocycles. The fourth-order valence-electron chi connectivity index (χ4n) is 9.88. The van der Waals surface area contributed by atoms with Crippen molar-refractivity contribution < 1.29 is 52.5 Å². The zero-order valence-electron chi connectivity index (χ0n) is 42.7. The number of ether oxygens (including phenoxy) is 5. The normalized spacial score (nSPS) is 16.8. The number of amides is 5. The highest BCUT2D eigenvalue weighted by molar-refractivity contribution is 6.04. The summed E-state index contributed by atoms with van der Waals surface area (Å²) < 4.78 is 29.1. The van der Waals surface area contributed by atoms with Crippen LogP contribution in [0.2, 0.25) is 0 Å². The lowest BCUT2D eigenvalue weighted by Gasteiger charge is -2.35. The summed E-state index contributed by atoms with van der Waals surface area (Å²) in [6, 6.07) is 26.2. The summed E-state index contributed by atoms with van der Waals surface area (Å²) in [6.07, 6.45) is 4.39. The summed E-state index contributed by atoms with van der Waals surface area (Å²) >= 11 is 0. The van der Waals surface area contributed by atoms with E-state index in [1.165, 1.54) is 46.3 Å².